The van der Waals surface area contributed by atoms with Gasteiger partial charge in [0.05, 0.1) is 18.9 Å². The fraction of sp³-hybridized carbons (Fsp3) is 0.333. The Bertz CT molecular complexity index is 650. The first-order chi connectivity index (χ1) is 11.6. The standard InChI is InChI=1S/C18H22N2O4/c1-3-23-15-8-6-14(7-9-15)13(2)20-17(21)10-11-19-18(22)16-5-4-12-24-16/h4-9,12-13H,3,10-11H2,1-2H3,(H,19,22)(H,20,21)/t13-/m1/s1. The lowest BCUT2D eigenvalue weighted by atomic mass is 10.1. The lowest BCUT2D eigenvalue weighted by Gasteiger charge is -2.15. The van der Waals surface area contributed by atoms with Gasteiger partial charge in [0.1, 0.15) is 5.75 Å². The SMILES string of the molecule is CCOc1ccc([C@@H](C)NC(=O)CCNC(=O)c2ccco2)cc1. The molecule has 128 valence electrons. The molecule has 0 fully saturated rings. The van der Waals surface area contributed by atoms with Crippen molar-refractivity contribution >= 4 is 11.8 Å². The molecule has 2 amide bonds. The second-order valence-electron chi connectivity index (χ2n) is 5.27. The Balaban J connectivity index is 1.74. The molecule has 0 saturated heterocycles. The minimum atomic E-state index is -0.327. The highest BCUT2D eigenvalue weighted by atomic mass is 16.5. The van der Waals surface area contributed by atoms with Crippen LogP contribution in [0.3, 0.4) is 0 Å². The van der Waals surface area contributed by atoms with Gasteiger partial charge in [0, 0.05) is 13.0 Å². The molecule has 1 aromatic carbocycles. The molecule has 0 unspecified atom stereocenters. The van der Waals surface area contributed by atoms with Crippen molar-refractivity contribution in [3.05, 3.63) is 54.0 Å². The van der Waals surface area contributed by atoms with Gasteiger partial charge < -0.3 is 19.8 Å². The maximum Gasteiger partial charge on any atom is 0.286 e. The third-order valence-corrected chi connectivity index (χ3v) is 3.45. The number of hydrogen-bond donors (Lipinski definition) is 2. The Hall–Kier alpha value is -2.76. The highest BCUT2D eigenvalue weighted by molar-refractivity contribution is 5.91. The number of rotatable bonds is 8. The number of carbonyl (C=O) groups excluding carboxylic acids is 2. The molecule has 2 rings (SSSR count). The summed E-state index contributed by atoms with van der Waals surface area (Å²) in [5, 5.41) is 5.54. The second-order valence-corrected chi connectivity index (χ2v) is 5.27. The zero-order valence-electron chi connectivity index (χ0n) is 13.9. The summed E-state index contributed by atoms with van der Waals surface area (Å²) in [6.45, 7) is 4.72. The van der Waals surface area contributed by atoms with Crippen LogP contribution >= 0.6 is 0 Å². The molecule has 2 aromatic rings. The average Bonchev–Trinajstić information content (AvgIpc) is 3.10. The van der Waals surface area contributed by atoms with Crippen molar-refractivity contribution in [2.24, 2.45) is 0 Å². The number of benzene rings is 1. The van der Waals surface area contributed by atoms with E-state index < -0.39 is 0 Å². The van der Waals surface area contributed by atoms with Crippen LogP contribution in [0, 0.1) is 0 Å². The van der Waals surface area contributed by atoms with Gasteiger partial charge >= 0.3 is 0 Å². The Morgan fingerprint density at radius 3 is 2.58 bits per heavy atom. The van der Waals surface area contributed by atoms with Crippen molar-refractivity contribution in [2.45, 2.75) is 26.3 Å². The van der Waals surface area contributed by atoms with E-state index in [0.717, 1.165) is 11.3 Å². The summed E-state index contributed by atoms with van der Waals surface area (Å²) < 4.78 is 10.4. The van der Waals surface area contributed by atoms with Gasteiger partial charge in [-0.25, -0.2) is 0 Å². The number of ether oxygens (including phenoxy) is 1. The van der Waals surface area contributed by atoms with Crippen LogP contribution in [0.4, 0.5) is 0 Å². The van der Waals surface area contributed by atoms with E-state index in [9.17, 15) is 9.59 Å². The maximum atomic E-state index is 12.0. The summed E-state index contributed by atoms with van der Waals surface area (Å²) in [5.74, 6) is 0.585. The molecule has 1 atom stereocenters. The first kappa shape index (κ1) is 17.6. The molecular weight excluding hydrogens is 308 g/mol. The van der Waals surface area contributed by atoms with E-state index in [-0.39, 0.29) is 36.6 Å². The first-order valence-electron chi connectivity index (χ1n) is 7.94. The monoisotopic (exact) mass is 330 g/mol. The summed E-state index contributed by atoms with van der Waals surface area (Å²) in [6.07, 6.45) is 1.63. The van der Waals surface area contributed by atoms with Crippen molar-refractivity contribution in [3.63, 3.8) is 0 Å². The van der Waals surface area contributed by atoms with Gasteiger partial charge in [0.25, 0.3) is 5.91 Å². The van der Waals surface area contributed by atoms with E-state index >= 15 is 0 Å². The van der Waals surface area contributed by atoms with Crippen molar-refractivity contribution in [2.75, 3.05) is 13.2 Å². The van der Waals surface area contributed by atoms with E-state index in [2.05, 4.69) is 10.6 Å². The fourth-order valence-corrected chi connectivity index (χ4v) is 2.20. The van der Waals surface area contributed by atoms with Crippen LogP contribution in [0.2, 0.25) is 0 Å². The quantitative estimate of drug-likeness (QED) is 0.780. The Morgan fingerprint density at radius 1 is 1.21 bits per heavy atom. The van der Waals surface area contributed by atoms with Gasteiger partial charge in [-0.3, -0.25) is 9.59 Å². The molecule has 6 heteroatoms. The highest BCUT2D eigenvalue weighted by Gasteiger charge is 2.11. The van der Waals surface area contributed by atoms with Crippen LogP contribution in [-0.2, 0) is 4.79 Å². The molecule has 0 aliphatic heterocycles. The van der Waals surface area contributed by atoms with Crippen LogP contribution in [0.15, 0.2) is 47.1 Å². The van der Waals surface area contributed by atoms with Crippen LogP contribution in [0.25, 0.3) is 0 Å². The zero-order valence-corrected chi connectivity index (χ0v) is 13.9. The van der Waals surface area contributed by atoms with E-state index in [0.29, 0.717) is 6.61 Å². The smallest absolute Gasteiger partial charge is 0.286 e. The van der Waals surface area contributed by atoms with Crippen LogP contribution in [0.1, 0.15) is 42.4 Å². The normalized spacial score (nSPS) is 11.6. The van der Waals surface area contributed by atoms with Gasteiger partial charge in [0.2, 0.25) is 5.91 Å². The molecular formula is C18H22N2O4. The number of nitrogens with one attached hydrogen (secondary N) is 2. The fourth-order valence-electron chi connectivity index (χ4n) is 2.20. The van der Waals surface area contributed by atoms with E-state index in [1.807, 2.05) is 38.1 Å². The van der Waals surface area contributed by atoms with Gasteiger partial charge in [-0.05, 0) is 43.7 Å². The summed E-state index contributed by atoms with van der Waals surface area (Å²) in [5.41, 5.74) is 0.992. The zero-order chi connectivity index (χ0) is 17.4. The minimum Gasteiger partial charge on any atom is -0.494 e. The third-order valence-electron chi connectivity index (χ3n) is 3.45. The first-order valence-corrected chi connectivity index (χ1v) is 7.94. The van der Waals surface area contributed by atoms with Gasteiger partial charge in [-0.2, -0.15) is 0 Å². The molecule has 6 nitrogen and oxygen atoms in total. The van der Waals surface area contributed by atoms with E-state index in [1.54, 1.807) is 12.1 Å². The Kier molecular flexibility index (Phi) is 6.42. The molecule has 0 spiro atoms. The maximum absolute atomic E-state index is 12.0. The lowest BCUT2D eigenvalue weighted by molar-refractivity contribution is -0.121. The van der Waals surface area contributed by atoms with E-state index in [1.165, 1.54) is 6.26 Å². The average molecular weight is 330 g/mol. The number of furan rings is 1. The number of amides is 2. The van der Waals surface area contributed by atoms with Crippen LogP contribution in [-0.4, -0.2) is 25.0 Å². The molecule has 1 heterocycles. The molecule has 0 radical (unpaired) electrons. The van der Waals surface area contributed by atoms with Crippen molar-refractivity contribution < 1.29 is 18.7 Å². The summed E-state index contributed by atoms with van der Waals surface area (Å²) in [6, 6.07) is 10.7. The Morgan fingerprint density at radius 2 is 1.96 bits per heavy atom. The van der Waals surface area contributed by atoms with Gasteiger partial charge in [-0.15, -0.1) is 0 Å². The summed E-state index contributed by atoms with van der Waals surface area (Å²) >= 11 is 0. The summed E-state index contributed by atoms with van der Waals surface area (Å²) in [4.78, 5) is 23.6. The van der Waals surface area contributed by atoms with E-state index in [4.69, 9.17) is 9.15 Å². The number of hydrogen-bond acceptors (Lipinski definition) is 4. The topological polar surface area (TPSA) is 80.6 Å². The summed E-state index contributed by atoms with van der Waals surface area (Å²) in [7, 11) is 0. The third kappa shape index (κ3) is 5.15. The second kappa shape index (κ2) is 8.76. The number of carbonyl (C=O) groups is 2. The van der Waals surface area contributed by atoms with Gasteiger partial charge in [-0.1, -0.05) is 12.1 Å². The lowest BCUT2D eigenvalue weighted by Crippen LogP contribution is -2.31. The molecule has 0 aliphatic carbocycles. The molecule has 0 saturated carbocycles. The molecule has 0 bridgehead atoms. The van der Waals surface area contributed by atoms with Crippen molar-refractivity contribution in [1.82, 2.24) is 10.6 Å². The van der Waals surface area contributed by atoms with Crippen LogP contribution in [0.5, 0.6) is 5.75 Å². The van der Waals surface area contributed by atoms with Crippen molar-refractivity contribution in [3.8, 4) is 5.75 Å². The van der Waals surface area contributed by atoms with Crippen LogP contribution < -0.4 is 15.4 Å². The predicted octanol–water partition coefficient (Wildman–Crippen LogP) is 2.68. The van der Waals surface area contributed by atoms with Crippen molar-refractivity contribution in [1.29, 1.82) is 0 Å². The molecule has 0 aliphatic rings. The van der Waals surface area contributed by atoms with Gasteiger partial charge in [0.15, 0.2) is 5.76 Å². The highest BCUT2D eigenvalue weighted by Crippen LogP contribution is 2.17. The predicted molar refractivity (Wildman–Crippen MR) is 89.8 cm³/mol. The minimum absolute atomic E-state index is 0.117. The molecule has 1 aromatic heterocycles. The largest absolute Gasteiger partial charge is 0.494 e. The Labute approximate surface area is 141 Å². The molecule has 24 heavy (non-hydrogen) atoms. The molecule has 2 N–H and O–H groups in total.